The second kappa shape index (κ2) is 3.15. The monoisotopic (exact) mass is 131 g/mol. The predicted molar refractivity (Wildman–Crippen MR) is 34.2 cm³/mol. The molecule has 2 atom stereocenters. The van der Waals surface area contributed by atoms with Gasteiger partial charge in [-0.3, -0.25) is 0 Å². The summed E-state index contributed by atoms with van der Waals surface area (Å²) in [5, 5.41) is 0. The molecule has 0 aliphatic carbocycles. The van der Waals surface area contributed by atoms with Crippen LogP contribution in [0.15, 0.2) is 0 Å². The molecule has 0 radical (unpaired) electrons. The predicted octanol–water partition coefficient (Wildman–Crippen LogP) is -0.251. The van der Waals surface area contributed by atoms with Crippen LogP contribution < -0.4 is 5.73 Å². The van der Waals surface area contributed by atoms with Crippen LogP contribution in [0.4, 0.5) is 0 Å². The molecule has 1 rings (SSSR count). The number of methoxy groups -OCH3 is 1. The normalized spacial score (nSPS) is 35.3. The van der Waals surface area contributed by atoms with Gasteiger partial charge in [-0.25, -0.2) is 0 Å². The minimum Gasteiger partial charge on any atom is -0.379 e. The van der Waals surface area contributed by atoms with E-state index in [1.54, 1.807) is 7.11 Å². The van der Waals surface area contributed by atoms with Gasteiger partial charge in [-0.05, 0) is 0 Å². The molecular formula is C6H13NO2. The quantitative estimate of drug-likeness (QED) is 0.562. The van der Waals surface area contributed by atoms with E-state index >= 15 is 0 Å². The highest BCUT2D eigenvalue weighted by atomic mass is 16.5. The molecular weight excluding hydrogens is 118 g/mol. The van der Waals surface area contributed by atoms with Crippen molar-refractivity contribution >= 4 is 0 Å². The Hall–Kier alpha value is -0.120. The van der Waals surface area contributed by atoms with E-state index in [0.717, 1.165) is 6.42 Å². The molecule has 1 fully saturated rings. The Morgan fingerprint density at radius 2 is 2.56 bits per heavy atom. The number of nitrogens with two attached hydrogens (primary N) is 1. The van der Waals surface area contributed by atoms with Crippen molar-refractivity contribution in [2.75, 3.05) is 20.3 Å². The molecule has 1 unspecified atom stereocenters. The summed E-state index contributed by atoms with van der Waals surface area (Å²) >= 11 is 0. The molecule has 0 aromatic rings. The van der Waals surface area contributed by atoms with Crippen molar-refractivity contribution in [1.29, 1.82) is 0 Å². The van der Waals surface area contributed by atoms with Crippen molar-refractivity contribution in [2.45, 2.75) is 18.6 Å². The maximum atomic E-state index is 5.37. The molecule has 3 nitrogen and oxygen atoms in total. The fourth-order valence-corrected chi connectivity index (χ4v) is 1.00. The van der Waals surface area contributed by atoms with Crippen LogP contribution in [-0.4, -0.2) is 32.5 Å². The molecule has 9 heavy (non-hydrogen) atoms. The molecule has 0 bridgehead atoms. The standard InChI is InChI=1S/C6H13NO2/c1-8-6-2-5(3-7)9-4-6/h5-6H,2-4,7H2,1H3/t5-,6?/m0/s1. The zero-order chi connectivity index (χ0) is 6.69. The van der Waals surface area contributed by atoms with Crippen molar-refractivity contribution < 1.29 is 9.47 Å². The highest BCUT2D eigenvalue weighted by molar-refractivity contribution is 4.73. The van der Waals surface area contributed by atoms with Crippen LogP contribution in [0.2, 0.25) is 0 Å². The van der Waals surface area contributed by atoms with Gasteiger partial charge in [0.05, 0.1) is 18.8 Å². The van der Waals surface area contributed by atoms with Crippen LogP contribution in [0.1, 0.15) is 6.42 Å². The minimum absolute atomic E-state index is 0.231. The fourth-order valence-electron chi connectivity index (χ4n) is 1.00. The molecule has 1 heterocycles. The Balaban J connectivity index is 2.20. The maximum Gasteiger partial charge on any atom is 0.0830 e. The van der Waals surface area contributed by atoms with Crippen LogP contribution >= 0.6 is 0 Å². The van der Waals surface area contributed by atoms with E-state index in [0.29, 0.717) is 13.2 Å². The molecule has 0 aromatic heterocycles. The Labute approximate surface area is 55.1 Å². The smallest absolute Gasteiger partial charge is 0.0830 e. The molecule has 1 aliphatic heterocycles. The molecule has 54 valence electrons. The molecule has 3 heteroatoms. The van der Waals surface area contributed by atoms with Crippen molar-refractivity contribution in [2.24, 2.45) is 5.73 Å². The van der Waals surface area contributed by atoms with Gasteiger partial charge in [-0.2, -0.15) is 0 Å². The van der Waals surface area contributed by atoms with Crippen LogP contribution in [0.3, 0.4) is 0 Å². The zero-order valence-corrected chi connectivity index (χ0v) is 5.67. The third-order valence-corrected chi connectivity index (χ3v) is 1.64. The Kier molecular flexibility index (Phi) is 2.45. The van der Waals surface area contributed by atoms with Crippen molar-refractivity contribution in [3.05, 3.63) is 0 Å². The molecule has 1 aliphatic rings. The Morgan fingerprint density at radius 1 is 1.78 bits per heavy atom. The number of rotatable bonds is 2. The second-order valence-electron chi connectivity index (χ2n) is 2.28. The number of hydrogen-bond donors (Lipinski definition) is 1. The molecule has 0 amide bonds. The number of ether oxygens (including phenoxy) is 2. The summed E-state index contributed by atoms with van der Waals surface area (Å²) in [7, 11) is 1.70. The van der Waals surface area contributed by atoms with Gasteiger partial charge in [0.15, 0.2) is 0 Å². The van der Waals surface area contributed by atoms with Crippen LogP contribution in [-0.2, 0) is 9.47 Å². The fraction of sp³-hybridized carbons (Fsp3) is 1.00. The molecule has 1 saturated heterocycles. The maximum absolute atomic E-state index is 5.37. The van der Waals surface area contributed by atoms with E-state index in [2.05, 4.69) is 0 Å². The van der Waals surface area contributed by atoms with Gasteiger partial charge in [0.1, 0.15) is 0 Å². The average molecular weight is 131 g/mol. The summed E-state index contributed by atoms with van der Waals surface area (Å²) in [6.45, 7) is 1.32. The minimum atomic E-state index is 0.231. The van der Waals surface area contributed by atoms with Gasteiger partial charge in [-0.1, -0.05) is 0 Å². The van der Waals surface area contributed by atoms with Crippen molar-refractivity contribution in [1.82, 2.24) is 0 Å². The molecule has 0 saturated carbocycles. The summed E-state index contributed by atoms with van der Waals surface area (Å²) in [5.74, 6) is 0. The largest absolute Gasteiger partial charge is 0.379 e. The summed E-state index contributed by atoms with van der Waals surface area (Å²) in [6, 6.07) is 0. The first kappa shape index (κ1) is 6.99. The molecule has 2 N–H and O–H groups in total. The zero-order valence-electron chi connectivity index (χ0n) is 5.67. The first-order valence-corrected chi connectivity index (χ1v) is 3.21. The van der Waals surface area contributed by atoms with Crippen molar-refractivity contribution in [3.8, 4) is 0 Å². The third-order valence-electron chi connectivity index (χ3n) is 1.64. The molecule has 0 spiro atoms. The second-order valence-corrected chi connectivity index (χ2v) is 2.28. The van der Waals surface area contributed by atoms with Gasteiger partial charge in [0, 0.05) is 20.1 Å². The topological polar surface area (TPSA) is 44.5 Å². The van der Waals surface area contributed by atoms with E-state index in [1.165, 1.54) is 0 Å². The van der Waals surface area contributed by atoms with Crippen LogP contribution in [0, 0.1) is 0 Å². The van der Waals surface area contributed by atoms with E-state index in [-0.39, 0.29) is 12.2 Å². The van der Waals surface area contributed by atoms with E-state index in [9.17, 15) is 0 Å². The average Bonchev–Trinajstić information content (AvgIpc) is 2.34. The highest BCUT2D eigenvalue weighted by Crippen LogP contribution is 2.13. The van der Waals surface area contributed by atoms with E-state index < -0.39 is 0 Å². The van der Waals surface area contributed by atoms with Gasteiger partial charge >= 0.3 is 0 Å². The Bertz CT molecular complexity index is 77.1. The lowest BCUT2D eigenvalue weighted by Gasteiger charge is -2.03. The van der Waals surface area contributed by atoms with Crippen LogP contribution in [0.5, 0.6) is 0 Å². The lowest BCUT2D eigenvalue weighted by Crippen LogP contribution is -2.19. The van der Waals surface area contributed by atoms with Gasteiger partial charge in [-0.15, -0.1) is 0 Å². The van der Waals surface area contributed by atoms with Gasteiger partial charge < -0.3 is 15.2 Å². The highest BCUT2D eigenvalue weighted by Gasteiger charge is 2.23. The van der Waals surface area contributed by atoms with Crippen LogP contribution in [0.25, 0.3) is 0 Å². The SMILES string of the molecule is COC1CO[C@H](CN)C1. The van der Waals surface area contributed by atoms with E-state index in [4.69, 9.17) is 15.2 Å². The first-order valence-electron chi connectivity index (χ1n) is 3.21. The summed E-state index contributed by atoms with van der Waals surface area (Å²) in [5.41, 5.74) is 5.37. The molecule has 0 aromatic carbocycles. The van der Waals surface area contributed by atoms with Gasteiger partial charge in [0.25, 0.3) is 0 Å². The third kappa shape index (κ3) is 1.64. The van der Waals surface area contributed by atoms with Crippen molar-refractivity contribution in [3.63, 3.8) is 0 Å². The summed E-state index contributed by atoms with van der Waals surface area (Å²) < 4.78 is 10.3. The lowest BCUT2D eigenvalue weighted by molar-refractivity contribution is 0.0689. The first-order chi connectivity index (χ1) is 4.36. The summed E-state index contributed by atoms with van der Waals surface area (Å²) in [6.07, 6.45) is 1.46. The lowest BCUT2D eigenvalue weighted by atomic mass is 10.2. The van der Waals surface area contributed by atoms with Gasteiger partial charge in [0.2, 0.25) is 0 Å². The Morgan fingerprint density at radius 3 is 2.89 bits per heavy atom. The summed E-state index contributed by atoms with van der Waals surface area (Å²) in [4.78, 5) is 0. The number of hydrogen-bond acceptors (Lipinski definition) is 3. The van der Waals surface area contributed by atoms with E-state index in [1.807, 2.05) is 0 Å².